The predicted molar refractivity (Wildman–Crippen MR) is 64.5 cm³/mol. The van der Waals surface area contributed by atoms with Crippen molar-refractivity contribution in [1.29, 1.82) is 0 Å². The van der Waals surface area contributed by atoms with Gasteiger partial charge < -0.3 is 5.11 Å². The van der Waals surface area contributed by atoms with E-state index >= 15 is 0 Å². The number of rotatable bonds is 5. The van der Waals surface area contributed by atoms with Crippen LogP contribution in [0.2, 0.25) is 0 Å². The standard InChI is InChI=1S/C12H17N2OS/c1-11-7-12(9-16-11)8-14-5-4-13(10-14)3-2-6-15/h4-5,7,9-10,15H,2-3,6,8H2,1H3/q+1. The van der Waals surface area contributed by atoms with Gasteiger partial charge in [0.2, 0.25) is 6.33 Å². The summed E-state index contributed by atoms with van der Waals surface area (Å²) in [6, 6.07) is 2.22. The van der Waals surface area contributed by atoms with E-state index in [1.54, 1.807) is 11.3 Å². The number of hydrogen-bond donors (Lipinski definition) is 1. The molecule has 0 bridgehead atoms. The Hall–Kier alpha value is -1.13. The predicted octanol–water partition coefficient (Wildman–Crippen LogP) is 1.58. The molecule has 0 saturated heterocycles. The van der Waals surface area contributed by atoms with Crippen molar-refractivity contribution in [3.63, 3.8) is 0 Å². The van der Waals surface area contributed by atoms with Gasteiger partial charge in [-0.1, -0.05) is 0 Å². The maximum Gasteiger partial charge on any atom is 0.244 e. The van der Waals surface area contributed by atoms with E-state index in [4.69, 9.17) is 5.11 Å². The molecule has 2 aromatic heterocycles. The van der Waals surface area contributed by atoms with E-state index in [0.29, 0.717) is 0 Å². The minimum absolute atomic E-state index is 0.252. The Morgan fingerprint density at radius 3 is 3.06 bits per heavy atom. The quantitative estimate of drug-likeness (QED) is 0.786. The molecule has 2 heterocycles. The van der Waals surface area contributed by atoms with Crippen LogP contribution in [-0.2, 0) is 13.1 Å². The zero-order valence-corrected chi connectivity index (χ0v) is 10.3. The van der Waals surface area contributed by atoms with Gasteiger partial charge in [0.15, 0.2) is 0 Å². The average Bonchev–Trinajstić information content (AvgIpc) is 2.86. The molecule has 4 heteroatoms. The van der Waals surface area contributed by atoms with E-state index in [1.165, 1.54) is 10.4 Å². The van der Waals surface area contributed by atoms with Crippen LogP contribution < -0.4 is 4.57 Å². The fourth-order valence-corrected chi connectivity index (χ4v) is 2.41. The molecule has 0 aliphatic rings. The first-order valence-electron chi connectivity index (χ1n) is 5.47. The molecule has 0 radical (unpaired) electrons. The summed E-state index contributed by atoms with van der Waals surface area (Å²) in [5.41, 5.74) is 1.35. The first kappa shape index (κ1) is 11.4. The third-order valence-electron chi connectivity index (χ3n) is 2.47. The van der Waals surface area contributed by atoms with Crippen LogP contribution in [0.25, 0.3) is 0 Å². The highest BCUT2D eigenvalue weighted by atomic mass is 32.1. The first-order chi connectivity index (χ1) is 7.78. The largest absolute Gasteiger partial charge is 0.396 e. The van der Waals surface area contributed by atoms with Crippen molar-refractivity contribution in [2.45, 2.75) is 26.4 Å². The molecular weight excluding hydrogens is 220 g/mol. The Kier molecular flexibility index (Phi) is 3.74. The Morgan fingerprint density at radius 2 is 2.38 bits per heavy atom. The number of thiophene rings is 1. The second-order valence-corrected chi connectivity index (χ2v) is 5.08. The number of aryl methyl sites for hydroxylation is 2. The van der Waals surface area contributed by atoms with E-state index in [2.05, 4.69) is 46.2 Å². The van der Waals surface area contributed by atoms with Gasteiger partial charge in [0.25, 0.3) is 0 Å². The molecule has 0 spiro atoms. The van der Waals surface area contributed by atoms with E-state index in [0.717, 1.165) is 19.5 Å². The lowest BCUT2D eigenvalue weighted by molar-refractivity contribution is -0.687. The maximum absolute atomic E-state index is 8.75. The molecular formula is C12H17N2OS+. The summed E-state index contributed by atoms with van der Waals surface area (Å²) in [5, 5.41) is 11.0. The fraction of sp³-hybridized carbons (Fsp3) is 0.417. The average molecular weight is 237 g/mol. The van der Waals surface area contributed by atoms with Crippen molar-refractivity contribution in [3.05, 3.63) is 40.6 Å². The highest BCUT2D eigenvalue weighted by molar-refractivity contribution is 7.10. The van der Waals surface area contributed by atoms with Gasteiger partial charge in [-0.2, -0.15) is 0 Å². The lowest BCUT2D eigenvalue weighted by Crippen LogP contribution is -2.31. The molecule has 0 aliphatic heterocycles. The molecule has 1 N–H and O–H groups in total. The van der Waals surface area contributed by atoms with E-state index in [-0.39, 0.29) is 6.61 Å². The SMILES string of the molecule is Cc1cc(C[n+]2ccn(CCCO)c2)cs1. The second-order valence-electron chi connectivity index (χ2n) is 3.97. The molecule has 86 valence electrons. The lowest BCUT2D eigenvalue weighted by Gasteiger charge is -1.93. The van der Waals surface area contributed by atoms with Gasteiger partial charge in [-0.25, -0.2) is 9.13 Å². The van der Waals surface area contributed by atoms with Gasteiger partial charge in [0, 0.05) is 23.5 Å². The highest BCUT2D eigenvalue weighted by Gasteiger charge is 2.05. The van der Waals surface area contributed by atoms with Gasteiger partial charge in [0.05, 0.1) is 6.54 Å². The Morgan fingerprint density at radius 1 is 1.50 bits per heavy atom. The van der Waals surface area contributed by atoms with Crippen LogP contribution in [-0.4, -0.2) is 16.3 Å². The van der Waals surface area contributed by atoms with Crippen LogP contribution in [0.5, 0.6) is 0 Å². The molecule has 0 atom stereocenters. The summed E-state index contributed by atoms with van der Waals surface area (Å²) in [7, 11) is 0. The number of aliphatic hydroxyl groups is 1. The lowest BCUT2D eigenvalue weighted by atomic mass is 10.3. The Balaban J connectivity index is 1.97. The summed E-state index contributed by atoms with van der Waals surface area (Å²) < 4.78 is 4.27. The van der Waals surface area contributed by atoms with E-state index in [1.807, 2.05) is 0 Å². The third-order valence-corrected chi connectivity index (χ3v) is 3.38. The smallest absolute Gasteiger partial charge is 0.244 e. The summed E-state index contributed by atoms with van der Waals surface area (Å²) >= 11 is 1.79. The Labute approximate surface area is 99.6 Å². The van der Waals surface area contributed by atoms with Gasteiger partial charge >= 0.3 is 0 Å². The zero-order chi connectivity index (χ0) is 11.4. The van der Waals surface area contributed by atoms with Crippen molar-refractivity contribution >= 4 is 11.3 Å². The molecule has 0 saturated carbocycles. The summed E-state index contributed by atoms with van der Waals surface area (Å²) in [6.07, 6.45) is 7.02. The molecule has 2 rings (SSSR count). The molecule has 0 aromatic carbocycles. The van der Waals surface area contributed by atoms with Crippen LogP contribution in [0.3, 0.4) is 0 Å². The van der Waals surface area contributed by atoms with Crippen LogP contribution in [0.15, 0.2) is 30.2 Å². The molecule has 0 amide bonds. The second kappa shape index (κ2) is 5.27. The number of imidazole rings is 1. The van der Waals surface area contributed by atoms with Crippen molar-refractivity contribution < 1.29 is 9.67 Å². The van der Waals surface area contributed by atoms with Gasteiger partial charge in [-0.05, 0) is 18.4 Å². The van der Waals surface area contributed by atoms with Crippen molar-refractivity contribution in [2.24, 2.45) is 0 Å². The maximum atomic E-state index is 8.75. The van der Waals surface area contributed by atoms with Crippen molar-refractivity contribution in [3.8, 4) is 0 Å². The molecule has 16 heavy (non-hydrogen) atoms. The topological polar surface area (TPSA) is 29.0 Å². The number of aliphatic hydroxyl groups excluding tert-OH is 1. The van der Waals surface area contributed by atoms with Gasteiger partial charge in [-0.15, -0.1) is 11.3 Å². The third kappa shape index (κ3) is 2.93. The van der Waals surface area contributed by atoms with Crippen LogP contribution in [0.1, 0.15) is 16.9 Å². The van der Waals surface area contributed by atoms with Gasteiger partial charge in [0.1, 0.15) is 18.9 Å². The number of hydrogen-bond acceptors (Lipinski definition) is 2. The van der Waals surface area contributed by atoms with Gasteiger partial charge in [-0.3, -0.25) is 0 Å². The summed E-state index contributed by atoms with van der Waals surface area (Å²) in [5.74, 6) is 0. The molecule has 3 nitrogen and oxygen atoms in total. The fourth-order valence-electron chi connectivity index (χ4n) is 1.71. The minimum Gasteiger partial charge on any atom is -0.396 e. The van der Waals surface area contributed by atoms with Crippen LogP contribution in [0.4, 0.5) is 0 Å². The molecule has 2 aromatic rings. The Bertz CT molecular complexity index is 447. The van der Waals surface area contributed by atoms with Crippen molar-refractivity contribution in [2.75, 3.05) is 6.61 Å². The number of nitrogens with zero attached hydrogens (tertiary/aromatic N) is 2. The minimum atomic E-state index is 0.252. The van der Waals surface area contributed by atoms with Crippen LogP contribution >= 0.6 is 11.3 Å². The molecule has 0 aliphatic carbocycles. The summed E-state index contributed by atoms with van der Waals surface area (Å²) in [4.78, 5) is 1.36. The monoisotopic (exact) mass is 237 g/mol. The number of aromatic nitrogens is 2. The first-order valence-corrected chi connectivity index (χ1v) is 6.35. The van der Waals surface area contributed by atoms with Crippen LogP contribution in [0, 0.1) is 6.92 Å². The van der Waals surface area contributed by atoms with Crippen molar-refractivity contribution in [1.82, 2.24) is 4.57 Å². The zero-order valence-electron chi connectivity index (χ0n) is 9.47. The highest BCUT2D eigenvalue weighted by Crippen LogP contribution is 2.12. The molecule has 0 fully saturated rings. The molecule has 0 unspecified atom stereocenters. The van der Waals surface area contributed by atoms with E-state index < -0.39 is 0 Å². The summed E-state index contributed by atoms with van der Waals surface area (Å²) in [6.45, 7) is 4.19. The normalized spacial score (nSPS) is 10.9. The van der Waals surface area contributed by atoms with E-state index in [9.17, 15) is 0 Å².